The Morgan fingerprint density at radius 1 is 1.60 bits per heavy atom. The van der Waals surface area contributed by atoms with Gasteiger partial charge in [0, 0.05) is 24.8 Å². The average Bonchev–Trinajstić information content (AvgIpc) is 2.14. The maximum atomic E-state index is 11.4. The van der Waals surface area contributed by atoms with Gasteiger partial charge in [-0.25, -0.2) is 0 Å². The molecule has 0 aliphatic carbocycles. The number of rotatable bonds is 4. The lowest BCUT2D eigenvalue weighted by Gasteiger charge is -2.00. The summed E-state index contributed by atoms with van der Waals surface area (Å²) in [6.07, 6.45) is 3.70. The van der Waals surface area contributed by atoms with E-state index in [0.717, 1.165) is 6.54 Å². The zero-order valence-corrected chi connectivity index (χ0v) is 9.70. The first-order chi connectivity index (χ1) is 7.09. The van der Waals surface area contributed by atoms with E-state index in [0.29, 0.717) is 16.9 Å². The molecule has 3 N–H and O–H groups in total. The van der Waals surface area contributed by atoms with Crippen LogP contribution in [0.2, 0.25) is 0 Å². The molecule has 0 atom stereocenters. The van der Waals surface area contributed by atoms with E-state index >= 15 is 0 Å². The van der Waals surface area contributed by atoms with Gasteiger partial charge in [0.15, 0.2) is 4.77 Å². The molecule has 1 aromatic heterocycles. The van der Waals surface area contributed by atoms with Gasteiger partial charge in [0.25, 0.3) is 5.56 Å². The van der Waals surface area contributed by atoms with Crippen LogP contribution in [0.5, 0.6) is 0 Å². The first-order valence-corrected chi connectivity index (χ1v) is 5.15. The topological polar surface area (TPSA) is 60.7 Å². The molecule has 0 spiro atoms. The summed E-state index contributed by atoms with van der Waals surface area (Å²) in [4.78, 5) is 16.7. The summed E-state index contributed by atoms with van der Waals surface area (Å²) in [5.74, 6) is 0. The molecule has 0 fully saturated rings. The van der Waals surface area contributed by atoms with Gasteiger partial charge in [-0.2, -0.15) is 0 Å². The van der Waals surface area contributed by atoms with E-state index in [1.165, 1.54) is 5.57 Å². The third kappa shape index (κ3) is 4.22. The molecule has 0 bridgehead atoms. The fraction of sp³-hybridized carbons (Fsp3) is 0.400. The Kier molecular flexibility index (Phi) is 4.45. The summed E-state index contributed by atoms with van der Waals surface area (Å²) in [7, 11) is 0. The highest BCUT2D eigenvalue weighted by atomic mass is 32.1. The van der Waals surface area contributed by atoms with Crippen LogP contribution in [-0.2, 0) is 6.54 Å². The summed E-state index contributed by atoms with van der Waals surface area (Å²) in [6, 6.07) is 0. The van der Waals surface area contributed by atoms with Crippen molar-refractivity contribution < 1.29 is 0 Å². The molecule has 5 heteroatoms. The van der Waals surface area contributed by atoms with Crippen molar-refractivity contribution in [1.29, 1.82) is 0 Å². The number of H-pyrrole nitrogens is 2. The van der Waals surface area contributed by atoms with E-state index < -0.39 is 0 Å². The van der Waals surface area contributed by atoms with Gasteiger partial charge in [-0.15, -0.1) is 0 Å². The van der Waals surface area contributed by atoms with Gasteiger partial charge in [0.05, 0.1) is 0 Å². The Hall–Kier alpha value is -1.20. The minimum atomic E-state index is -0.136. The first-order valence-electron chi connectivity index (χ1n) is 4.74. The number of hydrogen-bond donors (Lipinski definition) is 3. The van der Waals surface area contributed by atoms with Crippen molar-refractivity contribution in [1.82, 2.24) is 15.3 Å². The van der Waals surface area contributed by atoms with Crippen LogP contribution in [0.25, 0.3) is 0 Å². The molecule has 0 saturated heterocycles. The second kappa shape index (κ2) is 5.63. The highest BCUT2D eigenvalue weighted by Crippen LogP contribution is 1.88. The molecule has 0 aromatic carbocycles. The lowest BCUT2D eigenvalue weighted by atomic mass is 10.3. The van der Waals surface area contributed by atoms with Crippen LogP contribution >= 0.6 is 12.2 Å². The van der Waals surface area contributed by atoms with Crippen molar-refractivity contribution in [3.63, 3.8) is 0 Å². The smallest absolute Gasteiger partial charge is 0.256 e. The van der Waals surface area contributed by atoms with E-state index in [1.54, 1.807) is 6.20 Å². The first kappa shape index (κ1) is 11.9. The molecule has 0 unspecified atom stereocenters. The van der Waals surface area contributed by atoms with Gasteiger partial charge in [-0.3, -0.25) is 9.78 Å². The highest BCUT2D eigenvalue weighted by molar-refractivity contribution is 7.71. The highest BCUT2D eigenvalue weighted by Gasteiger charge is 1.96. The van der Waals surface area contributed by atoms with E-state index in [1.807, 2.05) is 13.8 Å². The van der Waals surface area contributed by atoms with Gasteiger partial charge in [0.1, 0.15) is 0 Å². The van der Waals surface area contributed by atoms with Crippen molar-refractivity contribution in [2.24, 2.45) is 0 Å². The molecule has 0 aliphatic heterocycles. The van der Waals surface area contributed by atoms with Crippen LogP contribution in [0.3, 0.4) is 0 Å². The third-order valence-corrected chi connectivity index (χ3v) is 2.09. The van der Waals surface area contributed by atoms with Crippen LogP contribution in [0.1, 0.15) is 19.4 Å². The van der Waals surface area contributed by atoms with Crippen LogP contribution in [0, 0.1) is 4.77 Å². The monoisotopic (exact) mass is 225 g/mol. The van der Waals surface area contributed by atoms with Crippen LogP contribution < -0.4 is 10.9 Å². The molecule has 15 heavy (non-hydrogen) atoms. The largest absolute Gasteiger partial charge is 0.338 e. The van der Waals surface area contributed by atoms with Gasteiger partial charge in [0.2, 0.25) is 0 Å². The van der Waals surface area contributed by atoms with Gasteiger partial charge < -0.3 is 10.3 Å². The molecule has 1 rings (SSSR count). The zero-order chi connectivity index (χ0) is 11.3. The van der Waals surface area contributed by atoms with E-state index in [4.69, 9.17) is 12.2 Å². The number of allylic oxidation sites excluding steroid dienone is 1. The van der Waals surface area contributed by atoms with E-state index in [2.05, 4.69) is 21.4 Å². The second-order valence-corrected chi connectivity index (χ2v) is 3.92. The Balaban J connectivity index is 2.55. The van der Waals surface area contributed by atoms with Crippen molar-refractivity contribution in [3.05, 3.63) is 38.5 Å². The number of hydrogen-bond acceptors (Lipinski definition) is 3. The molecular weight excluding hydrogens is 210 g/mol. The van der Waals surface area contributed by atoms with Gasteiger partial charge >= 0.3 is 0 Å². The Morgan fingerprint density at radius 3 is 2.93 bits per heavy atom. The van der Waals surface area contributed by atoms with Crippen LogP contribution in [0.4, 0.5) is 0 Å². The fourth-order valence-electron chi connectivity index (χ4n) is 1.05. The van der Waals surface area contributed by atoms with E-state index in [-0.39, 0.29) is 5.56 Å². The maximum Gasteiger partial charge on any atom is 0.256 e. The molecule has 82 valence electrons. The standard InChI is InChI=1S/C10H15N3OS/c1-7(2)3-4-11-5-8-6-12-10(15)13-9(8)14/h3,6,11H,4-5H2,1-2H3,(H2,12,13,14,15). The summed E-state index contributed by atoms with van der Waals surface area (Å²) in [5.41, 5.74) is 1.78. The summed E-state index contributed by atoms with van der Waals surface area (Å²) >= 11 is 4.79. The van der Waals surface area contributed by atoms with Crippen molar-refractivity contribution in [2.45, 2.75) is 20.4 Å². The normalized spacial score (nSPS) is 10.0. The SMILES string of the molecule is CC(C)=CCNCc1c[nH]c(=S)[nH]c1=O. The number of nitrogens with one attached hydrogen (secondary N) is 3. The summed E-state index contributed by atoms with van der Waals surface area (Å²) in [5, 5.41) is 3.14. The third-order valence-electron chi connectivity index (χ3n) is 1.87. The van der Waals surface area contributed by atoms with E-state index in [9.17, 15) is 4.79 Å². The van der Waals surface area contributed by atoms with Crippen molar-refractivity contribution in [3.8, 4) is 0 Å². The minimum absolute atomic E-state index is 0.136. The lowest BCUT2D eigenvalue weighted by Crippen LogP contribution is -2.21. The molecule has 1 heterocycles. The molecule has 4 nitrogen and oxygen atoms in total. The fourth-order valence-corrected chi connectivity index (χ4v) is 1.20. The van der Waals surface area contributed by atoms with Crippen molar-refractivity contribution >= 4 is 12.2 Å². The predicted octanol–water partition coefficient (Wildman–Crippen LogP) is 1.49. The molecule has 0 aliphatic rings. The summed E-state index contributed by atoms with van der Waals surface area (Å²) in [6.45, 7) is 5.37. The summed E-state index contributed by atoms with van der Waals surface area (Å²) < 4.78 is 0.355. The Labute approximate surface area is 93.4 Å². The number of aromatic amines is 2. The predicted molar refractivity (Wildman–Crippen MR) is 63.4 cm³/mol. The minimum Gasteiger partial charge on any atom is -0.338 e. The Morgan fingerprint density at radius 2 is 2.33 bits per heavy atom. The Bertz CT molecular complexity index is 454. The maximum absolute atomic E-state index is 11.4. The van der Waals surface area contributed by atoms with Gasteiger partial charge in [-0.1, -0.05) is 11.6 Å². The van der Waals surface area contributed by atoms with Crippen LogP contribution in [0.15, 0.2) is 22.6 Å². The molecule has 0 saturated carbocycles. The second-order valence-electron chi connectivity index (χ2n) is 3.51. The molecule has 1 aromatic rings. The molecular formula is C10H15N3OS. The molecule has 0 amide bonds. The quantitative estimate of drug-likeness (QED) is 0.413. The van der Waals surface area contributed by atoms with Crippen molar-refractivity contribution in [2.75, 3.05) is 6.54 Å². The zero-order valence-electron chi connectivity index (χ0n) is 8.89. The lowest BCUT2D eigenvalue weighted by molar-refractivity contribution is 0.742. The van der Waals surface area contributed by atoms with Gasteiger partial charge in [-0.05, 0) is 26.1 Å². The molecule has 0 radical (unpaired) electrons. The van der Waals surface area contributed by atoms with Crippen LogP contribution in [-0.4, -0.2) is 16.5 Å². The number of aromatic nitrogens is 2. The average molecular weight is 225 g/mol.